The van der Waals surface area contributed by atoms with Gasteiger partial charge in [-0.1, -0.05) is 13.0 Å². The number of fused-ring (bicyclic) bond motifs is 1. The Morgan fingerprint density at radius 2 is 2.06 bits per heavy atom. The van der Waals surface area contributed by atoms with Crippen LogP contribution in [0.2, 0.25) is 0 Å². The van der Waals surface area contributed by atoms with Crippen LogP contribution >= 0.6 is 0 Å². The largest absolute Gasteiger partial charge is 0.362 e. The first-order chi connectivity index (χ1) is 8.49. The molecule has 0 saturated heterocycles. The van der Waals surface area contributed by atoms with Crippen LogP contribution in [0.5, 0.6) is 0 Å². The minimum Gasteiger partial charge on any atom is -0.362 e. The average Bonchev–Trinajstić information content (AvgIpc) is 2.33. The molecule has 1 aromatic rings. The Morgan fingerprint density at radius 3 is 2.67 bits per heavy atom. The highest BCUT2D eigenvalue weighted by Gasteiger charge is 2.30. The Hall–Kier alpha value is -1.57. The molecular weight excluding hydrogens is 222 g/mol. The lowest BCUT2D eigenvalue weighted by molar-refractivity contribution is 0.112. The van der Waals surface area contributed by atoms with Gasteiger partial charge in [0, 0.05) is 23.4 Å². The molecule has 0 aromatic heterocycles. The predicted octanol–water partition coefficient (Wildman–Crippen LogP) is 3.91. The molecule has 1 aromatic carbocycles. The fourth-order valence-corrected chi connectivity index (χ4v) is 2.81. The highest BCUT2D eigenvalue weighted by atomic mass is 16.1. The van der Waals surface area contributed by atoms with Crippen LogP contribution in [0, 0.1) is 0 Å². The number of nitrogens with zero attached hydrogens (tertiary/aromatic N) is 1. The molecule has 2 nitrogen and oxygen atoms in total. The number of carbonyl (C=O) groups is 1. The van der Waals surface area contributed by atoms with Crippen molar-refractivity contribution in [3.63, 3.8) is 0 Å². The van der Waals surface area contributed by atoms with Gasteiger partial charge in [-0.2, -0.15) is 0 Å². The van der Waals surface area contributed by atoms with E-state index in [4.69, 9.17) is 0 Å². The van der Waals surface area contributed by atoms with E-state index in [9.17, 15) is 4.79 Å². The minimum atomic E-state index is 0.0375. The van der Waals surface area contributed by atoms with E-state index in [-0.39, 0.29) is 5.54 Å². The Bertz CT molecular complexity index is 500. The minimum absolute atomic E-state index is 0.0375. The van der Waals surface area contributed by atoms with E-state index in [1.165, 1.54) is 16.8 Å². The third-order valence-corrected chi connectivity index (χ3v) is 3.58. The first kappa shape index (κ1) is 12.9. The summed E-state index contributed by atoms with van der Waals surface area (Å²) >= 11 is 0. The molecule has 18 heavy (non-hydrogen) atoms. The number of aldehydes is 1. The third kappa shape index (κ3) is 2.07. The molecule has 2 rings (SSSR count). The lowest BCUT2D eigenvalue weighted by atomic mass is 9.88. The van der Waals surface area contributed by atoms with Gasteiger partial charge in [-0.05, 0) is 51.0 Å². The van der Waals surface area contributed by atoms with Crippen LogP contribution in [0.3, 0.4) is 0 Å². The van der Waals surface area contributed by atoms with E-state index in [0.29, 0.717) is 0 Å². The lowest BCUT2D eigenvalue weighted by Crippen LogP contribution is -2.45. The molecule has 0 N–H and O–H groups in total. The second kappa shape index (κ2) is 4.60. The second-order valence-electron chi connectivity index (χ2n) is 5.53. The van der Waals surface area contributed by atoms with Crippen molar-refractivity contribution in [1.82, 2.24) is 0 Å². The molecule has 1 aliphatic rings. The molecule has 96 valence electrons. The van der Waals surface area contributed by atoms with Crippen LogP contribution < -0.4 is 4.90 Å². The van der Waals surface area contributed by atoms with Crippen molar-refractivity contribution in [3.8, 4) is 0 Å². The van der Waals surface area contributed by atoms with E-state index in [0.717, 1.165) is 24.8 Å². The van der Waals surface area contributed by atoms with Crippen molar-refractivity contribution in [2.24, 2.45) is 0 Å². The van der Waals surface area contributed by atoms with Crippen molar-refractivity contribution < 1.29 is 4.79 Å². The summed E-state index contributed by atoms with van der Waals surface area (Å²) < 4.78 is 0. The Morgan fingerprint density at radius 1 is 1.33 bits per heavy atom. The molecule has 0 spiro atoms. The van der Waals surface area contributed by atoms with Crippen LogP contribution in [-0.4, -0.2) is 18.4 Å². The molecular formula is C16H21NO. The summed E-state index contributed by atoms with van der Waals surface area (Å²) in [4.78, 5) is 13.3. The molecule has 1 heterocycles. The number of hydrogen-bond acceptors (Lipinski definition) is 2. The maximum Gasteiger partial charge on any atom is 0.150 e. The lowest BCUT2D eigenvalue weighted by Gasteiger charge is -2.43. The Balaban J connectivity index is 2.57. The van der Waals surface area contributed by atoms with Crippen LogP contribution in [0.1, 0.15) is 50.0 Å². The maximum atomic E-state index is 10.9. The first-order valence-corrected chi connectivity index (χ1v) is 6.56. The van der Waals surface area contributed by atoms with Crippen molar-refractivity contribution in [2.45, 2.75) is 39.7 Å². The number of allylic oxidation sites excluding steroid dienone is 1. The van der Waals surface area contributed by atoms with Gasteiger partial charge in [0.05, 0.1) is 5.54 Å². The van der Waals surface area contributed by atoms with Crippen LogP contribution in [0.25, 0.3) is 5.57 Å². The van der Waals surface area contributed by atoms with Crippen molar-refractivity contribution in [1.29, 1.82) is 0 Å². The Labute approximate surface area is 109 Å². The van der Waals surface area contributed by atoms with Gasteiger partial charge in [0.25, 0.3) is 0 Å². The molecule has 0 saturated carbocycles. The zero-order chi connectivity index (χ0) is 13.3. The Kier molecular flexibility index (Phi) is 3.29. The number of anilines is 1. The molecule has 0 amide bonds. The van der Waals surface area contributed by atoms with Crippen molar-refractivity contribution in [3.05, 3.63) is 35.4 Å². The molecule has 0 fully saturated rings. The molecule has 0 aliphatic carbocycles. The zero-order valence-electron chi connectivity index (χ0n) is 11.7. The fraction of sp³-hybridized carbons (Fsp3) is 0.438. The number of carbonyl (C=O) groups excluding carboxylic acids is 1. The highest BCUT2D eigenvalue weighted by molar-refractivity contribution is 5.86. The smallest absolute Gasteiger partial charge is 0.150 e. The van der Waals surface area contributed by atoms with E-state index < -0.39 is 0 Å². The fourth-order valence-electron chi connectivity index (χ4n) is 2.81. The summed E-state index contributed by atoms with van der Waals surface area (Å²) in [5.41, 5.74) is 4.47. The summed E-state index contributed by atoms with van der Waals surface area (Å²) in [5, 5.41) is 0. The maximum absolute atomic E-state index is 10.9. The normalized spacial score (nSPS) is 17.1. The van der Waals surface area contributed by atoms with Crippen molar-refractivity contribution >= 4 is 17.5 Å². The van der Waals surface area contributed by atoms with Crippen LogP contribution in [-0.2, 0) is 0 Å². The van der Waals surface area contributed by atoms with Gasteiger partial charge in [0.1, 0.15) is 6.29 Å². The number of benzene rings is 1. The van der Waals surface area contributed by atoms with Gasteiger partial charge in [-0.25, -0.2) is 0 Å². The van der Waals surface area contributed by atoms with Crippen LogP contribution in [0.15, 0.2) is 24.3 Å². The third-order valence-electron chi connectivity index (χ3n) is 3.58. The molecule has 1 aliphatic heterocycles. The van der Waals surface area contributed by atoms with E-state index in [1.54, 1.807) is 0 Å². The molecule has 0 radical (unpaired) electrons. The van der Waals surface area contributed by atoms with Gasteiger partial charge in [0.15, 0.2) is 0 Å². The van der Waals surface area contributed by atoms with Gasteiger partial charge < -0.3 is 4.90 Å². The van der Waals surface area contributed by atoms with E-state index in [2.05, 4.69) is 44.7 Å². The van der Waals surface area contributed by atoms with Gasteiger partial charge in [-0.3, -0.25) is 4.79 Å². The van der Waals surface area contributed by atoms with Gasteiger partial charge >= 0.3 is 0 Å². The zero-order valence-corrected chi connectivity index (χ0v) is 11.7. The standard InChI is InChI=1S/C16H21NO/c1-5-8-17-15-7-6-13(11-18)9-14(15)12(2)10-16(17,3)4/h6-7,9-11H,5,8H2,1-4H3. The number of rotatable bonds is 3. The molecule has 0 atom stereocenters. The SMILES string of the molecule is CCCN1c2ccc(C=O)cc2C(C)=CC1(C)C. The van der Waals surface area contributed by atoms with E-state index >= 15 is 0 Å². The quantitative estimate of drug-likeness (QED) is 0.750. The second-order valence-corrected chi connectivity index (χ2v) is 5.53. The van der Waals surface area contributed by atoms with Gasteiger partial charge in [0.2, 0.25) is 0 Å². The first-order valence-electron chi connectivity index (χ1n) is 6.56. The molecule has 0 bridgehead atoms. The summed E-state index contributed by atoms with van der Waals surface area (Å²) in [5.74, 6) is 0. The van der Waals surface area contributed by atoms with E-state index in [1.807, 2.05) is 12.1 Å². The summed E-state index contributed by atoms with van der Waals surface area (Å²) in [7, 11) is 0. The topological polar surface area (TPSA) is 20.3 Å². The monoisotopic (exact) mass is 243 g/mol. The predicted molar refractivity (Wildman–Crippen MR) is 77.2 cm³/mol. The number of hydrogen-bond donors (Lipinski definition) is 0. The summed E-state index contributed by atoms with van der Waals surface area (Å²) in [6, 6.07) is 5.97. The molecule has 2 heteroatoms. The summed E-state index contributed by atoms with van der Waals surface area (Å²) in [6.07, 6.45) is 4.32. The van der Waals surface area contributed by atoms with Gasteiger partial charge in [-0.15, -0.1) is 0 Å². The highest BCUT2D eigenvalue weighted by Crippen LogP contribution is 2.39. The van der Waals surface area contributed by atoms with Crippen molar-refractivity contribution in [2.75, 3.05) is 11.4 Å². The van der Waals surface area contributed by atoms with Crippen LogP contribution in [0.4, 0.5) is 5.69 Å². The summed E-state index contributed by atoms with van der Waals surface area (Å²) in [6.45, 7) is 9.83. The molecule has 0 unspecified atom stereocenters. The average molecular weight is 243 g/mol.